The molecule has 4 heterocycles. The number of aromatic nitrogens is 2. The van der Waals surface area contributed by atoms with E-state index in [1.165, 1.54) is 25.0 Å². The van der Waals surface area contributed by atoms with E-state index in [-0.39, 0.29) is 30.0 Å². The predicted molar refractivity (Wildman–Crippen MR) is 135 cm³/mol. The summed E-state index contributed by atoms with van der Waals surface area (Å²) < 4.78 is 7.87. The van der Waals surface area contributed by atoms with E-state index < -0.39 is 0 Å². The second-order valence-electron chi connectivity index (χ2n) is 7.83. The summed E-state index contributed by atoms with van der Waals surface area (Å²) in [7, 11) is 0. The molecular formula is C23H33IN6O. The normalized spacial score (nSPS) is 16.1. The van der Waals surface area contributed by atoms with Crippen LogP contribution in [0.15, 0.2) is 52.2 Å². The van der Waals surface area contributed by atoms with Gasteiger partial charge >= 0.3 is 0 Å². The molecular weight excluding hydrogens is 503 g/mol. The lowest BCUT2D eigenvalue weighted by Gasteiger charge is -2.33. The fourth-order valence-electron chi connectivity index (χ4n) is 4.09. The molecule has 1 saturated heterocycles. The highest BCUT2D eigenvalue weighted by Crippen LogP contribution is 2.24. The van der Waals surface area contributed by atoms with Gasteiger partial charge in [0.25, 0.3) is 0 Å². The highest BCUT2D eigenvalue weighted by Gasteiger charge is 2.24. The van der Waals surface area contributed by atoms with Crippen LogP contribution in [0.5, 0.6) is 0 Å². The van der Waals surface area contributed by atoms with Crippen molar-refractivity contribution in [3.63, 3.8) is 0 Å². The quantitative estimate of drug-likeness (QED) is 0.270. The summed E-state index contributed by atoms with van der Waals surface area (Å²) in [4.78, 5) is 12.0. The Morgan fingerprint density at radius 2 is 2.00 bits per heavy atom. The van der Waals surface area contributed by atoms with Crippen molar-refractivity contribution < 1.29 is 4.42 Å². The number of aryl methyl sites for hydroxylation is 1. The number of likely N-dealkylation sites (tertiary alicyclic amines) is 1. The molecule has 8 heteroatoms. The van der Waals surface area contributed by atoms with Crippen molar-refractivity contribution in [3.05, 3.63) is 59.9 Å². The number of pyridine rings is 1. The van der Waals surface area contributed by atoms with Gasteiger partial charge in [-0.1, -0.05) is 12.5 Å². The number of hydrogen-bond donors (Lipinski definition) is 2. The number of piperidine rings is 1. The van der Waals surface area contributed by atoms with E-state index in [2.05, 4.69) is 52.1 Å². The van der Waals surface area contributed by atoms with E-state index in [0.717, 1.165) is 49.2 Å². The fraction of sp³-hybridized carbons (Fsp3) is 0.478. The zero-order valence-corrected chi connectivity index (χ0v) is 20.7. The Morgan fingerprint density at radius 3 is 2.71 bits per heavy atom. The first-order valence-corrected chi connectivity index (χ1v) is 11.0. The van der Waals surface area contributed by atoms with Crippen LogP contribution in [0.4, 0.5) is 0 Å². The second kappa shape index (κ2) is 11.5. The average Bonchev–Trinajstić information content (AvgIpc) is 3.43. The monoisotopic (exact) mass is 536 g/mol. The van der Waals surface area contributed by atoms with Gasteiger partial charge in [-0.15, -0.1) is 24.0 Å². The Hall–Kier alpha value is -2.07. The maximum atomic E-state index is 5.76. The summed E-state index contributed by atoms with van der Waals surface area (Å²) in [5.41, 5.74) is 3.09. The zero-order chi connectivity index (χ0) is 20.8. The molecule has 1 atom stereocenters. The first kappa shape index (κ1) is 23.6. The molecule has 0 spiro atoms. The molecule has 0 bridgehead atoms. The number of fused-ring (bicyclic) bond motifs is 1. The first-order chi connectivity index (χ1) is 14.7. The Bertz CT molecular complexity index is 962. The van der Waals surface area contributed by atoms with Gasteiger partial charge in [0, 0.05) is 25.0 Å². The van der Waals surface area contributed by atoms with Crippen molar-refractivity contribution in [2.24, 2.45) is 4.99 Å². The number of halogens is 1. The van der Waals surface area contributed by atoms with Crippen molar-refractivity contribution in [1.29, 1.82) is 0 Å². The second-order valence-corrected chi connectivity index (χ2v) is 7.83. The largest absolute Gasteiger partial charge is 0.468 e. The van der Waals surface area contributed by atoms with Crippen LogP contribution in [-0.2, 0) is 6.54 Å². The standard InChI is InChI=1S/C23H32N6O.HI/c1-3-24-23(25-15-19-17-29-18(2)9-7-11-22(29)27-19)26-16-20(21-10-8-14-30-21)28-12-5-4-6-13-28;/h7-11,14,17,20H,3-6,12-13,15-16H2,1-2H3,(H2,24,25,26);1H. The molecule has 31 heavy (non-hydrogen) atoms. The molecule has 7 nitrogen and oxygen atoms in total. The molecule has 0 radical (unpaired) electrons. The summed E-state index contributed by atoms with van der Waals surface area (Å²) in [5.74, 6) is 1.82. The topological polar surface area (TPSA) is 70.1 Å². The summed E-state index contributed by atoms with van der Waals surface area (Å²) in [6, 6.07) is 10.4. The maximum Gasteiger partial charge on any atom is 0.191 e. The number of nitrogens with zero attached hydrogens (tertiary/aromatic N) is 4. The van der Waals surface area contributed by atoms with E-state index in [4.69, 9.17) is 14.4 Å². The summed E-state index contributed by atoms with van der Waals surface area (Å²) >= 11 is 0. The average molecular weight is 536 g/mol. The summed E-state index contributed by atoms with van der Waals surface area (Å²) in [5, 5.41) is 6.88. The molecule has 3 aromatic rings. The summed E-state index contributed by atoms with van der Waals surface area (Å²) in [6.45, 7) is 8.49. The lowest BCUT2D eigenvalue weighted by atomic mass is 10.1. The van der Waals surface area contributed by atoms with Gasteiger partial charge in [-0.3, -0.25) is 4.90 Å². The Morgan fingerprint density at radius 1 is 1.16 bits per heavy atom. The van der Waals surface area contributed by atoms with Gasteiger partial charge in [0.2, 0.25) is 0 Å². The highest BCUT2D eigenvalue weighted by atomic mass is 127. The molecule has 1 aliphatic heterocycles. The molecule has 2 N–H and O–H groups in total. The SMILES string of the molecule is CCNC(=NCc1cn2c(C)cccc2n1)NCC(c1ccco1)N1CCCCC1.I. The highest BCUT2D eigenvalue weighted by molar-refractivity contribution is 14.0. The molecule has 1 aliphatic rings. The number of imidazole rings is 1. The first-order valence-electron chi connectivity index (χ1n) is 11.0. The number of furan rings is 1. The van der Waals surface area contributed by atoms with Crippen LogP contribution in [0.2, 0.25) is 0 Å². The van der Waals surface area contributed by atoms with E-state index in [1.54, 1.807) is 6.26 Å². The van der Waals surface area contributed by atoms with E-state index >= 15 is 0 Å². The third kappa shape index (κ3) is 6.00. The van der Waals surface area contributed by atoms with E-state index in [0.29, 0.717) is 6.54 Å². The molecule has 3 aromatic heterocycles. The van der Waals surface area contributed by atoms with Gasteiger partial charge in [0.15, 0.2) is 5.96 Å². The minimum Gasteiger partial charge on any atom is -0.468 e. The molecule has 168 valence electrons. The maximum absolute atomic E-state index is 5.76. The van der Waals surface area contributed by atoms with Crippen molar-refractivity contribution in [2.45, 2.75) is 45.7 Å². The Labute approximate surface area is 201 Å². The van der Waals surface area contributed by atoms with E-state index in [1.807, 2.05) is 18.2 Å². The van der Waals surface area contributed by atoms with Gasteiger partial charge in [0.1, 0.15) is 11.4 Å². The zero-order valence-electron chi connectivity index (χ0n) is 18.4. The molecule has 4 rings (SSSR count). The van der Waals surface area contributed by atoms with Gasteiger partial charge in [-0.05, 0) is 64.0 Å². The van der Waals surface area contributed by atoms with Crippen molar-refractivity contribution >= 4 is 35.6 Å². The van der Waals surface area contributed by atoms with Gasteiger partial charge in [0.05, 0.1) is 24.5 Å². The van der Waals surface area contributed by atoms with Crippen LogP contribution < -0.4 is 10.6 Å². The fourth-order valence-corrected chi connectivity index (χ4v) is 4.09. The Kier molecular flexibility index (Phi) is 8.77. The third-order valence-corrected chi connectivity index (χ3v) is 5.66. The van der Waals surface area contributed by atoms with Crippen LogP contribution in [0.1, 0.15) is 49.4 Å². The Balaban J connectivity index is 0.00000272. The molecule has 0 aromatic carbocycles. The van der Waals surface area contributed by atoms with Gasteiger partial charge in [-0.2, -0.15) is 0 Å². The number of hydrogen-bond acceptors (Lipinski definition) is 4. The van der Waals surface area contributed by atoms with Crippen LogP contribution >= 0.6 is 24.0 Å². The third-order valence-electron chi connectivity index (χ3n) is 5.66. The van der Waals surface area contributed by atoms with E-state index in [9.17, 15) is 0 Å². The minimum atomic E-state index is 0. The van der Waals surface area contributed by atoms with Crippen molar-refractivity contribution in [2.75, 3.05) is 26.2 Å². The van der Waals surface area contributed by atoms with Crippen LogP contribution in [0, 0.1) is 6.92 Å². The van der Waals surface area contributed by atoms with Crippen molar-refractivity contribution in [1.82, 2.24) is 24.9 Å². The lowest BCUT2D eigenvalue weighted by Crippen LogP contribution is -2.44. The molecule has 0 saturated carbocycles. The number of nitrogens with one attached hydrogen (secondary N) is 2. The number of guanidine groups is 1. The molecule has 1 unspecified atom stereocenters. The van der Waals surface area contributed by atoms with Crippen LogP contribution in [0.25, 0.3) is 5.65 Å². The van der Waals surface area contributed by atoms with Crippen LogP contribution in [-0.4, -0.2) is 46.4 Å². The number of aliphatic imine (C=N–C) groups is 1. The van der Waals surface area contributed by atoms with Gasteiger partial charge < -0.3 is 19.5 Å². The summed E-state index contributed by atoms with van der Waals surface area (Å²) in [6.07, 6.45) is 7.64. The minimum absolute atomic E-state index is 0. The predicted octanol–water partition coefficient (Wildman–Crippen LogP) is 4.14. The van der Waals surface area contributed by atoms with Gasteiger partial charge in [-0.25, -0.2) is 9.98 Å². The molecule has 0 amide bonds. The lowest BCUT2D eigenvalue weighted by molar-refractivity contribution is 0.146. The van der Waals surface area contributed by atoms with Crippen LogP contribution in [0.3, 0.4) is 0 Å². The molecule has 0 aliphatic carbocycles. The molecule has 1 fully saturated rings. The number of rotatable bonds is 7. The smallest absolute Gasteiger partial charge is 0.191 e. The van der Waals surface area contributed by atoms with Crippen molar-refractivity contribution in [3.8, 4) is 0 Å².